The molecule has 2 aliphatic heterocycles. The number of ketones is 1. The number of aliphatic hydroxyl groups excluding tert-OH is 1. The number of ether oxygens (including phenoxy) is 2. The highest BCUT2D eigenvalue weighted by molar-refractivity contribution is 6.46. The van der Waals surface area contributed by atoms with E-state index in [4.69, 9.17) is 9.47 Å². The molecule has 0 saturated carbocycles. The number of amides is 1. The summed E-state index contributed by atoms with van der Waals surface area (Å²) in [5.41, 5.74) is 2.41. The van der Waals surface area contributed by atoms with Crippen molar-refractivity contribution in [2.45, 2.75) is 26.3 Å². The number of aromatic nitrogens is 2. The highest BCUT2D eigenvalue weighted by Crippen LogP contribution is 2.40. The number of rotatable bonds is 8. The average Bonchev–Trinajstić information content (AvgIpc) is 3.37. The van der Waals surface area contributed by atoms with Crippen LogP contribution in [0.25, 0.3) is 11.4 Å². The summed E-state index contributed by atoms with van der Waals surface area (Å²) in [6.07, 6.45) is 2.48. The molecule has 2 fully saturated rings. The molecule has 1 amide bonds. The van der Waals surface area contributed by atoms with Gasteiger partial charge in [-0.05, 0) is 50.1 Å². The van der Waals surface area contributed by atoms with Crippen molar-refractivity contribution >= 4 is 23.1 Å². The van der Waals surface area contributed by atoms with Gasteiger partial charge in [0.15, 0.2) is 5.76 Å². The maximum Gasteiger partial charge on any atom is 0.295 e. The number of likely N-dealkylation sites (tertiary alicyclic amines) is 1. The van der Waals surface area contributed by atoms with Crippen molar-refractivity contribution < 1.29 is 24.2 Å². The molecule has 1 aromatic carbocycles. The number of aliphatic hydroxyl groups is 1. The molecule has 0 bridgehead atoms. The zero-order valence-corrected chi connectivity index (χ0v) is 21.2. The van der Waals surface area contributed by atoms with Crippen molar-refractivity contribution in [1.82, 2.24) is 19.2 Å². The number of hydrogen-bond acceptors (Lipinski definition) is 7. The molecule has 2 aromatic heterocycles. The molecule has 0 spiro atoms. The molecule has 0 radical (unpaired) electrons. The first-order valence-corrected chi connectivity index (χ1v) is 12.7. The van der Waals surface area contributed by atoms with Gasteiger partial charge in [-0.3, -0.25) is 18.9 Å². The number of fused-ring (bicyclic) bond motifs is 1. The van der Waals surface area contributed by atoms with E-state index in [1.807, 2.05) is 49.4 Å². The van der Waals surface area contributed by atoms with Gasteiger partial charge in [0.05, 0.1) is 37.1 Å². The molecule has 9 heteroatoms. The van der Waals surface area contributed by atoms with Crippen LogP contribution >= 0.6 is 0 Å². The van der Waals surface area contributed by atoms with Crippen LogP contribution < -0.4 is 4.74 Å². The van der Waals surface area contributed by atoms with Crippen molar-refractivity contribution in [3.63, 3.8) is 0 Å². The minimum atomic E-state index is -0.737. The zero-order chi connectivity index (χ0) is 25.9. The Kier molecular flexibility index (Phi) is 7.25. The number of pyridine rings is 1. The fourth-order valence-corrected chi connectivity index (χ4v) is 5.21. The van der Waals surface area contributed by atoms with Gasteiger partial charge in [-0.1, -0.05) is 18.2 Å². The molecule has 1 unspecified atom stereocenters. The Bertz CT molecular complexity index is 1340. The van der Waals surface area contributed by atoms with Crippen LogP contribution in [0.1, 0.15) is 36.3 Å². The van der Waals surface area contributed by atoms with Gasteiger partial charge in [-0.25, -0.2) is 4.98 Å². The fourth-order valence-electron chi connectivity index (χ4n) is 5.21. The third kappa shape index (κ3) is 4.84. The molecule has 5 rings (SSSR count). The smallest absolute Gasteiger partial charge is 0.295 e. The van der Waals surface area contributed by atoms with E-state index in [1.54, 1.807) is 22.4 Å². The highest BCUT2D eigenvalue weighted by Gasteiger charge is 2.46. The summed E-state index contributed by atoms with van der Waals surface area (Å²) in [6, 6.07) is 12.2. The van der Waals surface area contributed by atoms with Crippen LogP contribution in [0.4, 0.5) is 0 Å². The van der Waals surface area contributed by atoms with E-state index in [9.17, 15) is 14.7 Å². The summed E-state index contributed by atoms with van der Waals surface area (Å²) in [5, 5.41) is 11.6. The minimum absolute atomic E-state index is 0.0683. The number of imidazole rings is 1. The van der Waals surface area contributed by atoms with E-state index in [2.05, 4.69) is 9.88 Å². The normalized spacial score (nSPS) is 20.2. The van der Waals surface area contributed by atoms with Crippen LogP contribution in [0.15, 0.2) is 54.2 Å². The first-order valence-electron chi connectivity index (χ1n) is 12.7. The highest BCUT2D eigenvalue weighted by atomic mass is 16.5. The van der Waals surface area contributed by atoms with E-state index >= 15 is 0 Å². The van der Waals surface area contributed by atoms with Crippen LogP contribution in [0, 0.1) is 6.92 Å². The van der Waals surface area contributed by atoms with Gasteiger partial charge in [0.25, 0.3) is 11.7 Å². The van der Waals surface area contributed by atoms with Gasteiger partial charge in [0, 0.05) is 32.4 Å². The Balaban J connectivity index is 1.56. The standard InChI is InChI=1S/C28H32N4O5/c1-3-37-21-9-6-8-20(18-21)25-23(26(33)24-19(2)29-22-10-4-5-12-31(22)24)27(34)28(35)32(25)13-7-11-30-14-16-36-17-15-30/h4-6,8-10,12,18,25,33H,3,7,11,13-17H2,1-2H3/b26-23+. The number of nitrogens with zero attached hydrogens (tertiary/aromatic N) is 4. The molecule has 4 heterocycles. The van der Waals surface area contributed by atoms with Crippen LogP contribution in [-0.2, 0) is 14.3 Å². The van der Waals surface area contributed by atoms with Gasteiger partial charge in [0.2, 0.25) is 0 Å². The topological polar surface area (TPSA) is 96.6 Å². The zero-order valence-electron chi connectivity index (χ0n) is 21.2. The molecule has 2 saturated heterocycles. The molecule has 37 heavy (non-hydrogen) atoms. The summed E-state index contributed by atoms with van der Waals surface area (Å²) in [7, 11) is 0. The number of benzene rings is 1. The third-order valence-corrected chi connectivity index (χ3v) is 6.93. The van der Waals surface area contributed by atoms with Gasteiger partial charge in [-0.15, -0.1) is 0 Å². The summed E-state index contributed by atoms with van der Waals surface area (Å²) < 4.78 is 12.9. The number of hydrogen-bond donors (Lipinski definition) is 1. The molecule has 3 aromatic rings. The Labute approximate surface area is 215 Å². The SMILES string of the molecule is CCOc1cccc(C2/C(=C(\O)c3c(C)nc4ccccn34)C(=O)C(=O)N2CCCN2CCOCC2)c1. The average molecular weight is 505 g/mol. The summed E-state index contributed by atoms with van der Waals surface area (Å²) in [5.74, 6) is -0.885. The number of carbonyl (C=O) groups is 2. The lowest BCUT2D eigenvalue weighted by molar-refractivity contribution is -0.140. The Morgan fingerprint density at radius 3 is 2.73 bits per heavy atom. The minimum Gasteiger partial charge on any atom is -0.505 e. The fraction of sp³-hybridized carbons (Fsp3) is 0.393. The quantitative estimate of drug-likeness (QED) is 0.286. The molecule has 194 valence electrons. The lowest BCUT2D eigenvalue weighted by Gasteiger charge is -2.29. The van der Waals surface area contributed by atoms with Crippen molar-refractivity contribution in [1.29, 1.82) is 0 Å². The number of Topliss-reactive ketones (excluding diaryl/α,β-unsaturated/α-hetero) is 1. The largest absolute Gasteiger partial charge is 0.505 e. The summed E-state index contributed by atoms with van der Waals surface area (Å²) in [6.45, 7) is 8.46. The second-order valence-corrected chi connectivity index (χ2v) is 9.28. The van der Waals surface area contributed by atoms with E-state index < -0.39 is 17.7 Å². The molecule has 2 aliphatic rings. The van der Waals surface area contributed by atoms with Crippen LogP contribution in [0.3, 0.4) is 0 Å². The Morgan fingerprint density at radius 2 is 1.95 bits per heavy atom. The van der Waals surface area contributed by atoms with Crippen LogP contribution in [0.5, 0.6) is 5.75 Å². The molecule has 9 nitrogen and oxygen atoms in total. The van der Waals surface area contributed by atoms with Gasteiger partial charge >= 0.3 is 0 Å². The molecule has 1 N–H and O–H groups in total. The van der Waals surface area contributed by atoms with Crippen molar-refractivity contribution in [3.8, 4) is 5.75 Å². The number of carbonyl (C=O) groups excluding carboxylic acids is 2. The van der Waals surface area contributed by atoms with Gasteiger partial charge < -0.3 is 19.5 Å². The third-order valence-electron chi connectivity index (χ3n) is 6.93. The van der Waals surface area contributed by atoms with Crippen molar-refractivity contribution in [2.75, 3.05) is 46.0 Å². The van der Waals surface area contributed by atoms with Gasteiger partial charge in [0.1, 0.15) is 17.1 Å². The summed E-state index contributed by atoms with van der Waals surface area (Å²) >= 11 is 0. The Morgan fingerprint density at radius 1 is 1.14 bits per heavy atom. The molecular formula is C28H32N4O5. The van der Waals surface area contributed by atoms with E-state index in [-0.39, 0.29) is 11.3 Å². The Hall–Kier alpha value is -3.69. The van der Waals surface area contributed by atoms with E-state index in [0.29, 0.717) is 61.1 Å². The van der Waals surface area contributed by atoms with Crippen molar-refractivity contribution in [3.05, 3.63) is 71.2 Å². The lowest BCUT2D eigenvalue weighted by Crippen LogP contribution is -2.38. The van der Waals surface area contributed by atoms with Crippen LogP contribution in [0.2, 0.25) is 0 Å². The predicted molar refractivity (Wildman–Crippen MR) is 138 cm³/mol. The molecular weight excluding hydrogens is 472 g/mol. The second-order valence-electron chi connectivity index (χ2n) is 9.28. The van der Waals surface area contributed by atoms with E-state index in [0.717, 1.165) is 19.6 Å². The summed E-state index contributed by atoms with van der Waals surface area (Å²) in [4.78, 5) is 35.2. The predicted octanol–water partition coefficient (Wildman–Crippen LogP) is 3.19. The molecule has 0 aliphatic carbocycles. The van der Waals surface area contributed by atoms with Crippen molar-refractivity contribution in [2.24, 2.45) is 0 Å². The maximum absolute atomic E-state index is 13.5. The van der Waals surface area contributed by atoms with Crippen LogP contribution in [-0.4, -0.2) is 82.0 Å². The lowest BCUT2D eigenvalue weighted by atomic mass is 9.96. The second kappa shape index (κ2) is 10.7. The number of aryl methyl sites for hydroxylation is 1. The number of morpholine rings is 1. The maximum atomic E-state index is 13.5. The monoisotopic (exact) mass is 504 g/mol. The van der Waals surface area contributed by atoms with E-state index in [1.165, 1.54) is 0 Å². The van der Waals surface area contributed by atoms with Gasteiger partial charge in [-0.2, -0.15) is 0 Å². The first-order chi connectivity index (χ1) is 18.0. The molecule has 1 atom stereocenters. The first kappa shape index (κ1) is 25.0.